The lowest BCUT2D eigenvalue weighted by Crippen LogP contribution is -2.23. The number of hydrogen-bond acceptors (Lipinski definition) is 0. The van der Waals surface area contributed by atoms with Gasteiger partial charge in [-0.25, -0.2) is 0 Å². The molecule has 0 radical (unpaired) electrons. The smallest absolute Gasteiger partial charge is 0.0159 e. The molecule has 0 fully saturated rings. The quantitative estimate of drug-likeness (QED) is 0.181. The molecule has 0 unspecified atom stereocenters. The molecule has 0 spiro atoms. The van der Waals surface area contributed by atoms with Crippen molar-refractivity contribution in [2.24, 2.45) is 0 Å². The summed E-state index contributed by atoms with van der Waals surface area (Å²) in [5, 5.41) is 13.2. The molecule has 1 aliphatic rings. The molecule has 0 nitrogen and oxygen atoms in total. The largest absolute Gasteiger partial charge is 0.0613 e. The van der Waals surface area contributed by atoms with Crippen LogP contribution in [0.25, 0.3) is 87.2 Å². The van der Waals surface area contributed by atoms with Crippen LogP contribution in [0.5, 0.6) is 0 Å². The Labute approximate surface area is 262 Å². The van der Waals surface area contributed by atoms with Crippen molar-refractivity contribution in [2.75, 3.05) is 0 Å². The molecule has 0 aromatic heterocycles. The molecular formula is C45H30. The number of fused-ring (bicyclic) bond motifs is 3. The second kappa shape index (κ2) is 8.80. The molecule has 0 N–H and O–H groups in total. The van der Waals surface area contributed by atoms with Crippen LogP contribution in [0.1, 0.15) is 25.0 Å². The first-order valence-corrected chi connectivity index (χ1v) is 15.9. The van der Waals surface area contributed by atoms with E-state index in [0.717, 1.165) is 0 Å². The van der Waals surface area contributed by atoms with Crippen LogP contribution in [-0.2, 0) is 5.41 Å². The molecule has 0 heterocycles. The average molecular weight is 571 g/mol. The first-order chi connectivity index (χ1) is 22.0. The molecule has 0 saturated carbocycles. The topological polar surface area (TPSA) is 0 Å². The van der Waals surface area contributed by atoms with Gasteiger partial charge in [-0.15, -0.1) is 0 Å². The third-order valence-electron chi connectivity index (χ3n) is 10.6. The van der Waals surface area contributed by atoms with Crippen molar-refractivity contribution in [2.45, 2.75) is 19.3 Å². The van der Waals surface area contributed by atoms with Crippen LogP contribution in [0, 0.1) is 0 Å². The van der Waals surface area contributed by atoms with E-state index in [-0.39, 0.29) is 5.41 Å². The molecule has 9 aromatic carbocycles. The maximum atomic E-state index is 2.42. The van der Waals surface area contributed by atoms with E-state index in [2.05, 4.69) is 159 Å². The highest BCUT2D eigenvalue weighted by atomic mass is 14.4. The van der Waals surface area contributed by atoms with Crippen LogP contribution in [0.2, 0.25) is 0 Å². The molecule has 0 aliphatic heterocycles. The van der Waals surface area contributed by atoms with Gasteiger partial charge in [0.25, 0.3) is 0 Å². The summed E-state index contributed by atoms with van der Waals surface area (Å²) in [5.41, 5.74) is 10.5. The minimum Gasteiger partial charge on any atom is -0.0613 e. The van der Waals surface area contributed by atoms with Crippen molar-refractivity contribution in [3.05, 3.63) is 157 Å². The van der Waals surface area contributed by atoms with Crippen LogP contribution in [-0.4, -0.2) is 0 Å². The van der Waals surface area contributed by atoms with Crippen LogP contribution in [0.3, 0.4) is 0 Å². The number of rotatable bonds is 2. The molecule has 1 aliphatic carbocycles. The van der Waals surface area contributed by atoms with E-state index in [0.29, 0.717) is 0 Å². The van der Waals surface area contributed by atoms with Gasteiger partial charge in [0.05, 0.1) is 0 Å². The van der Waals surface area contributed by atoms with Crippen LogP contribution < -0.4 is 0 Å². The Bertz CT molecular complexity index is 2650. The highest BCUT2D eigenvalue weighted by molar-refractivity contribution is 6.25. The zero-order valence-electron chi connectivity index (χ0n) is 25.4. The Morgan fingerprint density at radius 2 is 0.889 bits per heavy atom. The molecule has 9 aromatic rings. The van der Waals surface area contributed by atoms with Crippen molar-refractivity contribution in [1.29, 1.82) is 0 Å². The Balaban J connectivity index is 1.09. The first kappa shape index (κ1) is 24.9. The maximum Gasteiger partial charge on any atom is 0.0159 e. The van der Waals surface area contributed by atoms with Gasteiger partial charge < -0.3 is 0 Å². The standard InChI is InChI=1S/C45H30/c1-45(2)40-23-20-34(26-39(40)37-10-4-8-27-9-5-11-41(45)43(27)37)32-14-15-33-25-35(17-16-31(33)24-32)36-21-18-30-13-12-28-6-3-7-29-19-22-38(36)44(30)42(28)29/h3-26H,1-2H3. The fourth-order valence-corrected chi connectivity index (χ4v) is 8.30. The minimum absolute atomic E-state index is 0.0490. The molecule has 0 heteroatoms. The highest BCUT2D eigenvalue weighted by Crippen LogP contribution is 2.49. The van der Waals surface area contributed by atoms with E-state index < -0.39 is 0 Å². The summed E-state index contributed by atoms with van der Waals surface area (Å²) in [6.07, 6.45) is 0. The Kier molecular flexibility index (Phi) is 4.88. The van der Waals surface area contributed by atoms with Gasteiger partial charge in [-0.3, -0.25) is 0 Å². The minimum atomic E-state index is -0.0490. The molecular weight excluding hydrogens is 540 g/mol. The summed E-state index contributed by atoms with van der Waals surface area (Å²) in [6, 6.07) is 54.8. The summed E-state index contributed by atoms with van der Waals surface area (Å²) in [4.78, 5) is 0. The summed E-state index contributed by atoms with van der Waals surface area (Å²) < 4.78 is 0. The van der Waals surface area contributed by atoms with Gasteiger partial charge in [-0.05, 0) is 117 Å². The van der Waals surface area contributed by atoms with E-state index in [1.165, 1.54) is 98.4 Å². The highest BCUT2D eigenvalue weighted by Gasteiger charge is 2.33. The molecule has 10 rings (SSSR count). The van der Waals surface area contributed by atoms with Gasteiger partial charge in [0.1, 0.15) is 0 Å². The second-order valence-corrected chi connectivity index (χ2v) is 13.3. The van der Waals surface area contributed by atoms with Crippen LogP contribution in [0.4, 0.5) is 0 Å². The first-order valence-electron chi connectivity index (χ1n) is 15.9. The molecule has 45 heavy (non-hydrogen) atoms. The van der Waals surface area contributed by atoms with Crippen molar-refractivity contribution in [1.82, 2.24) is 0 Å². The zero-order chi connectivity index (χ0) is 29.9. The van der Waals surface area contributed by atoms with Gasteiger partial charge in [0.2, 0.25) is 0 Å². The van der Waals surface area contributed by atoms with Gasteiger partial charge >= 0.3 is 0 Å². The predicted molar refractivity (Wildman–Crippen MR) is 194 cm³/mol. The van der Waals surface area contributed by atoms with E-state index in [1.54, 1.807) is 0 Å². The Morgan fingerprint density at radius 3 is 1.69 bits per heavy atom. The summed E-state index contributed by atoms with van der Waals surface area (Å²) in [6.45, 7) is 4.73. The number of hydrogen-bond donors (Lipinski definition) is 0. The average Bonchev–Trinajstić information content (AvgIpc) is 3.09. The molecule has 0 atom stereocenters. The maximum absolute atomic E-state index is 2.42. The van der Waals surface area contributed by atoms with Crippen LogP contribution >= 0.6 is 0 Å². The summed E-state index contributed by atoms with van der Waals surface area (Å²) in [5.74, 6) is 0. The van der Waals surface area contributed by atoms with Gasteiger partial charge in [-0.2, -0.15) is 0 Å². The number of benzene rings is 9. The van der Waals surface area contributed by atoms with E-state index in [9.17, 15) is 0 Å². The summed E-state index contributed by atoms with van der Waals surface area (Å²) >= 11 is 0. The Morgan fingerprint density at radius 1 is 0.333 bits per heavy atom. The lowest BCUT2D eigenvalue weighted by molar-refractivity contribution is 0.645. The summed E-state index contributed by atoms with van der Waals surface area (Å²) in [7, 11) is 0. The predicted octanol–water partition coefficient (Wildman–Crippen LogP) is 12.5. The molecule has 0 amide bonds. The lowest BCUT2D eigenvalue weighted by atomic mass is 9.68. The van der Waals surface area contributed by atoms with Gasteiger partial charge in [-0.1, -0.05) is 141 Å². The SMILES string of the molecule is CC1(C)c2ccc(-c3ccc4cc(-c5ccc6ccc7cccc8ccc5c6c78)ccc4c3)cc2-c2cccc3cccc1c23. The van der Waals surface area contributed by atoms with Crippen molar-refractivity contribution < 1.29 is 0 Å². The monoisotopic (exact) mass is 570 g/mol. The molecule has 0 bridgehead atoms. The van der Waals surface area contributed by atoms with Gasteiger partial charge in [0.15, 0.2) is 0 Å². The van der Waals surface area contributed by atoms with E-state index >= 15 is 0 Å². The molecule has 0 saturated heterocycles. The third kappa shape index (κ3) is 3.43. The fraction of sp³-hybridized carbons (Fsp3) is 0.0667. The normalized spacial score (nSPS) is 13.7. The van der Waals surface area contributed by atoms with Crippen LogP contribution in [0.15, 0.2) is 146 Å². The third-order valence-corrected chi connectivity index (χ3v) is 10.6. The second-order valence-electron chi connectivity index (χ2n) is 13.3. The van der Waals surface area contributed by atoms with Crippen molar-refractivity contribution in [3.8, 4) is 33.4 Å². The van der Waals surface area contributed by atoms with Crippen molar-refractivity contribution >= 4 is 53.9 Å². The fourth-order valence-electron chi connectivity index (χ4n) is 8.30. The van der Waals surface area contributed by atoms with E-state index in [1.807, 2.05) is 0 Å². The van der Waals surface area contributed by atoms with Gasteiger partial charge in [0, 0.05) is 5.41 Å². The van der Waals surface area contributed by atoms with Crippen molar-refractivity contribution in [3.63, 3.8) is 0 Å². The molecule has 210 valence electrons. The zero-order valence-corrected chi connectivity index (χ0v) is 25.4. The lowest BCUT2D eigenvalue weighted by Gasteiger charge is -2.35. The Hall–Kier alpha value is -5.46. The van der Waals surface area contributed by atoms with E-state index in [4.69, 9.17) is 0 Å².